The van der Waals surface area contributed by atoms with Crippen molar-refractivity contribution in [2.45, 2.75) is 52.8 Å². The third-order valence-electron chi connectivity index (χ3n) is 4.49. The highest BCUT2D eigenvalue weighted by Gasteiger charge is 2.17. The van der Waals surface area contributed by atoms with Crippen molar-refractivity contribution in [1.82, 2.24) is 5.32 Å². The Kier molecular flexibility index (Phi) is 7.25. The van der Waals surface area contributed by atoms with Crippen LogP contribution in [0, 0.1) is 13.8 Å². The molecule has 0 spiro atoms. The molecule has 0 saturated carbocycles. The van der Waals surface area contributed by atoms with Crippen LogP contribution in [0.4, 0.5) is 11.4 Å². The van der Waals surface area contributed by atoms with Crippen molar-refractivity contribution in [2.75, 3.05) is 10.0 Å². The Labute approximate surface area is 178 Å². The van der Waals surface area contributed by atoms with Crippen LogP contribution in [-0.4, -0.2) is 31.5 Å². The van der Waals surface area contributed by atoms with E-state index in [-0.39, 0.29) is 17.9 Å². The van der Waals surface area contributed by atoms with Crippen molar-refractivity contribution in [2.24, 2.45) is 0 Å². The van der Waals surface area contributed by atoms with Crippen LogP contribution < -0.4 is 15.4 Å². The number of hydrogen-bond donors (Lipinski definition) is 3. The lowest BCUT2D eigenvalue weighted by Crippen LogP contribution is -2.31. The SMILES string of the molecule is Cc1cc(NC(=O)c2ccc(NS(=O)(=O)C(C)C)cc2)c(C)c(C(=O)NC(C)C)c1. The number of nitrogens with one attached hydrogen (secondary N) is 3. The number of amides is 2. The van der Waals surface area contributed by atoms with Gasteiger partial charge in [-0.2, -0.15) is 0 Å². The first-order chi connectivity index (χ1) is 13.9. The van der Waals surface area contributed by atoms with Crippen LogP contribution >= 0.6 is 0 Å². The summed E-state index contributed by atoms with van der Waals surface area (Å²) in [6.07, 6.45) is 0. The van der Waals surface area contributed by atoms with Crippen LogP contribution in [-0.2, 0) is 10.0 Å². The van der Waals surface area contributed by atoms with E-state index < -0.39 is 15.3 Å². The molecule has 0 fully saturated rings. The number of carbonyl (C=O) groups is 2. The Balaban J connectivity index is 2.22. The molecule has 0 aliphatic carbocycles. The molecule has 7 nitrogen and oxygen atoms in total. The fourth-order valence-corrected chi connectivity index (χ4v) is 3.43. The number of carbonyl (C=O) groups excluding carboxylic acids is 2. The molecular weight excluding hydrogens is 402 g/mol. The van der Waals surface area contributed by atoms with Crippen molar-refractivity contribution < 1.29 is 18.0 Å². The lowest BCUT2D eigenvalue weighted by Gasteiger charge is -2.16. The molecule has 0 aliphatic rings. The Morgan fingerprint density at radius 2 is 1.50 bits per heavy atom. The van der Waals surface area contributed by atoms with Gasteiger partial charge in [0, 0.05) is 28.5 Å². The minimum atomic E-state index is -3.45. The van der Waals surface area contributed by atoms with E-state index in [1.165, 1.54) is 0 Å². The molecule has 8 heteroatoms. The maximum atomic E-state index is 12.7. The topological polar surface area (TPSA) is 104 Å². The quantitative estimate of drug-likeness (QED) is 0.619. The van der Waals surface area contributed by atoms with E-state index in [0.29, 0.717) is 28.1 Å². The summed E-state index contributed by atoms with van der Waals surface area (Å²) in [7, 11) is -3.45. The van der Waals surface area contributed by atoms with Crippen LogP contribution in [0.5, 0.6) is 0 Å². The first-order valence-electron chi connectivity index (χ1n) is 9.76. The average Bonchev–Trinajstić information content (AvgIpc) is 2.63. The normalized spacial score (nSPS) is 11.5. The summed E-state index contributed by atoms with van der Waals surface area (Å²) in [5, 5.41) is 5.15. The lowest BCUT2D eigenvalue weighted by molar-refractivity contribution is 0.0941. The molecule has 0 unspecified atom stereocenters. The van der Waals surface area contributed by atoms with E-state index in [0.717, 1.165) is 5.56 Å². The minimum absolute atomic E-state index is 0.00193. The third kappa shape index (κ3) is 5.82. The maximum absolute atomic E-state index is 12.7. The van der Waals surface area contributed by atoms with Crippen LogP contribution in [0.1, 0.15) is 59.5 Å². The molecule has 2 aromatic rings. The highest BCUT2D eigenvalue weighted by Crippen LogP contribution is 2.23. The van der Waals surface area contributed by atoms with Gasteiger partial charge < -0.3 is 10.6 Å². The van der Waals surface area contributed by atoms with Gasteiger partial charge in [0.15, 0.2) is 0 Å². The van der Waals surface area contributed by atoms with Crippen LogP contribution in [0.25, 0.3) is 0 Å². The molecule has 2 rings (SSSR count). The summed E-state index contributed by atoms with van der Waals surface area (Å²) in [5.41, 5.74) is 3.35. The van der Waals surface area contributed by atoms with Crippen molar-refractivity contribution in [3.8, 4) is 0 Å². The largest absolute Gasteiger partial charge is 0.350 e. The van der Waals surface area contributed by atoms with E-state index in [9.17, 15) is 18.0 Å². The van der Waals surface area contributed by atoms with Crippen LogP contribution in [0.3, 0.4) is 0 Å². The molecule has 3 N–H and O–H groups in total. The molecule has 0 aliphatic heterocycles. The number of hydrogen-bond acceptors (Lipinski definition) is 4. The molecule has 0 radical (unpaired) electrons. The molecule has 0 aromatic heterocycles. The second-order valence-corrected chi connectivity index (χ2v) is 10.1. The van der Waals surface area contributed by atoms with E-state index in [2.05, 4.69) is 15.4 Å². The van der Waals surface area contributed by atoms with E-state index in [1.54, 1.807) is 51.1 Å². The molecule has 0 heterocycles. The van der Waals surface area contributed by atoms with Gasteiger partial charge in [0.2, 0.25) is 10.0 Å². The third-order valence-corrected chi connectivity index (χ3v) is 6.25. The van der Waals surface area contributed by atoms with Crippen LogP contribution in [0.2, 0.25) is 0 Å². The van der Waals surface area contributed by atoms with Gasteiger partial charge in [-0.05, 0) is 89.1 Å². The predicted octanol–water partition coefficient (Wildman–Crippen LogP) is 3.84. The van der Waals surface area contributed by atoms with Gasteiger partial charge in [-0.15, -0.1) is 0 Å². The van der Waals surface area contributed by atoms with Crippen LogP contribution in [0.15, 0.2) is 36.4 Å². The molecular formula is C22H29N3O4S. The van der Waals surface area contributed by atoms with Gasteiger partial charge in [-0.25, -0.2) is 8.42 Å². The maximum Gasteiger partial charge on any atom is 0.255 e. The van der Waals surface area contributed by atoms with E-state index in [1.807, 2.05) is 26.8 Å². The summed E-state index contributed by atoms with van der Waals surface area (Å²) >= 11 is 0. The summed E-state index contributed by atoms with van der Waals surface area (Å²) < 4.78 is 26.4. The summed E-state index contributed by atoms with van der Waals surface area (Å²) in [5.74, 6) is -0.541. The van der Waals surface area contributed by atoms with Gasteiger partial charge in [-0.3, -0.25) is 14.3 Å². The number of aryl methyl sites for hydroxylation is 1. The zero-order valence-electron chi connectivity index (χ0n) is 18.2. The Hall–Kier alpha value is -2.87. The summed E-state index contributed by atoms with van der Waals surface area (Å²) in [4.78, 5) is 25.1. The summed E-state index contributed by atoms with van der Waals surface area (Å²) in [6, 6.07) is 9.78. The molecule has 2 aromatic carbocycles. The number of rotatable bonds is 7. The first kappa shape index (κ1) is 23.4. The molecule has 0 bridgehead atoms. The lowest BCUT2D eigenvalue weighted by atomic mass is 10.0. The summed E-state index contributed by atoms with van der Waals surface area (Å²) in [6.45, 7) is 10.6. The average molecular weight is 432 g/mol. The van der Waals surface area contributed by atoms with Crippen molar-refractivity contribution in [3.05, 3.63) is 58.7 Å². The monoisotopic (exact) mass is 431 g/mol. The number of benzene rings is 2. The van der Waals surface area contributed by atoms with Gasteiger partial charge in [-0.1, -0.05) is 0 Å². The van der Waals surface area contributed by atoms with E-state index in [4.69, 9.17) is 0 Å². The smallest absolute Gasteiger partial charge is 0.255 e. The zero-order valence-corrected chi connectivity index (χ0v) is 19.0. The van der Waals surface area contributed by atoms with E-state index >= 15 is 0 Å². The molecule has 162 valence electrons. The fraction of sp³-hybridized carbons (Fsp3) is 0.364. The van der Waals surface area contributed by atoms with Crippen molar-refractivity contribution in [1.29, 1.82) is 0 Å². The highest BCUT2D eigenvalue weighted by atomic mass is 32.2. The second-order valence-electron chi connectivity index (χ2n) is 7.84. The Morgan fingerprint density at radius 1 is 0.900 bits per heavy atom. The highest BCUT2D eigenvalue weighted by molar-refractivity contribution is 7.93. The first-order valence-corrected chi connectivity index (χ1v) is 11.3. The van der Waals surface area contributed by atoms with Gasteiger partial charge >= 0.3 is 0 Å². The standard InChI is InChI=1S/C22H29N3O4S/c1-13(2)23-22(27)19-11-15(5)12-20(16(19)6)24-21(26)17-7-9-18(10-8-17)25-30(28,29)14(3)4/h7-14,25H,1-6H3,(H,23,27)(H,24,26). The predicted molar refractivity (Wildman–Crippen MR) is 121 cm³/mol. The zero-order chi connectivity index (χ0) is 22.6. The second kappa shape index (κ2) is 9.30. The van der Waals surface area contributed by atoms with Gasteiger partial charge in [0.1, 0.15) is 0 Å². The fourth-order valence-electron chi connectivity index (χ4n) is 2.73. The van der Waals surface area contributed by atoms with Gasteiger partial charge in [0.25, 0.3) is 11.8 Å². The van der Waals surface area contributed by atoms with Crippen molar-refractivity contribution in [3.63, 3.8) is 0 Å². The Bertz CT molecular complexity index is 1040. The molecule has 0 saturated heterocycles. The molecule has 30 heavy (non-hydrogen) atoms. The number of anilines is 2. The molecule has 0 atom stereocenters. The minimum Gasteiger partial charge on any atom is -0.350 e. The Morgan fingerprint density at radius 3 is 2.03 bits per heavy atom. The van der Waals surface area contributed by atoms with Crippen molar-refractivity contribution >= 4 is 33.2 Å². The molecule has 2 amide bonds. The van der Waals surface area contributed by atoms with Gasteiger partial charge in [0.05, 0.1) is 5.25 Å². The number of sulfonamides is 1.